The number of aryl methyl sites for hydroxylation is 1. The van der Waals surface area contributed by atoms with Crippen LogP contribution in [0.4, 0.5) is 0 Å². The number of halogens is 1. The van der Waals surface area contributed by atoms with E-state index in [1.807, 2.05) is 36.4 Å². The highest BCUT2D eigenvalue weighted by Gasteiger charge is 2.25. The largest absolute Gasteiger partial charge is 0.370 e. The van der Waals surface area contributed by atoms with E-state index in [0.29, 0.717) is 13.2 Å². The Balaban J connectivity index is 0.00000256. The first-order chi connectivity index (χ1) is 14.2. The van der Waals surface area contributed by atoms with E-state index >= 15 is 0 Å². The lowest BCUT2D eigenvalue weighted by Crippen LogP contribution is -2.48. The molecule has 0 saturated carbocycles. The van der Waals surface area contributed by atoms with Crippen molar-refractivity contribution in [3.63, 3.8) is 0 Å². The molecule has 1 N–H and O–H groups in total. The quantitative estimate of drug-likeness (QED) is 0.315. The number of nitrogens with zero attached hydrogens (tertiary/aromatic N) is 3. The molecule has 4 rings (SSSR count). The first kappa shape index (κ1) is 22.3. The van der Waals surface area contributed by atoms with Crippen molar-refractivity contribution >= 4 is 29.9 Å². The molecule has 2 aromatic carbocycles. The summed E-state index contributed by atoms with van der Waals surface area (Å²) in [7, 11) is 1.80. The number of ether oxygens (including phenoxy) is 1. The monoisotopic (exact) mass is 518 g/mol. The molecule has 1 aliphatic rings. The molecular formula is C23H27IN4O2. The predicted octanol–water partition coefficient (Wildman–Crippen LogP) is 4.42. The number of hydrogen-bond acceptors (Lipinski definition) is 4. The van der Waals surface area contributed by atoms with Gasteiger partial charge in [0, 0.05) is 25.2 Å². The van der Waals surface area contributed by atoms with Gasteiger partial charge in [-0.1, -0.05) is 59.8 Å². The number of benzene rings is 2. The van der Waals surface area contributed by atoms with Crippen LogP contribution in [-0.2, 0) is 11.3 Å². The number of guanidine groups is 1. The zero-order valence-corrected chi connectivity index (χ0v) is 19.6. The number of morpholine rings is 1. The highest BCUT2D eigenvalue weighted by molar-refractivity contribution is 14.0. The van der Waals surface area contributed by atoms with Crippen molar-refractivity contribution in [2.45, 2.75) is 19.6 Å². The minimum atomic E-state index is 0. The molecule has 3 aromatic rings. The van der Waals surface area contributed by atoms with Crippen LogP contribution in [0.3, 0.4) is 0 Å². The molecule has 0 radical (unpaired) electrons. The molecule has 1 saturated heterocycles. The normalized spacial score (nSPS) is 16.8. The maximum absolute atomic E-state index is 6.03. The van der Waals surface area contributed by atoms with Gasteiger partial charge in [0.05, 0.1) is 19.7 Å². The van der Waals surface area contributed by atoms with E-state index in [4.69, 9.17) is 9.26 Å². The van der Waals surface area contributed by atoms with Gasteiger partial charge >= 0.3 is 0 Å². The van der Waals surface area contributed by atoms with Gasteiger partial charge in [0.2, 0.25) is 0 Å². The van der Waals surface area contributed by atoms with Gasteiger partial charge in [0.1, 0.15) is 11.8 Å². The molecule has 1 unspecified atom stereocenters. The molecule has 7 heteroatoms. The van der Waals surface area contributed by atoms with Gasteiger partial charge in [-0.25, -0.2) is 0 Å². The van der Waals surface area contributed by atoms with Crippen LogP contribution >= 0.6 is 24.0 Å². The van der Waals surface area contributed by atoms with Gasteiger partial charge in [0.25, 0.3) is 0 Å². The van der Waals surface area contributed by atoms with Crippen LogP contribution in [0.2, 0.25) is 0 Å². The summed E-state index contributed by atoms with van der Waals surface area (Å²) in [5, 5.41) is 7.59. The number of aromatic nitrogens is 1. The summed E-state index contributed by atoms with van der Waals surface area (Å²) in [5.41, 5.74) is 4.34. The van der Waals surface area contributed by atoms with Crippen molar-refractivity contribution in [1.29, 1.82) is 0 Å². The van der Waals surface area contributed by atoms with Crippen LogP contribution in [-0.4, -0.2) is 42.8 Å². The number of aliphatic imine (C=N–C) groups is 1. The van der Waals surface area contributed by atoms with Crippen molar-refractivity contribution < 1.29 is 9.26 Å². The summed E-state index contributed by atoms with van der Waals surface area (Å²) in [5.74, 6) is 1.61. The maximum atomic E-state index is 6.03. The predicted molar refractivity (Wildman–Crippen MR) is 129 cm³/mol. The fraction of sp³-hybridized carbons (Fsp3) is 0.304. The SMILES string of the molecule is CN=C(NCc1cc(-c2ccccc2)on1)N1CCOC(c2ccccc2C)C1.I. The number of nitrogens with one attached hydrogen (secondary N) is 1. The van der Waals surface area contributed by atoms with Crippen molar-refractivity contribution in [2.75, 3.05) is 26.7 Å². The third-order valence-electron chi connectivity index (χ3n) is 5.16. The minimum Gasteiger partial charge on any atom is -0.370 e. The highest BCUT2D eigenvalue weighted by Crippen LogP contribution is 2.25. The van der Waals surface area contributed by atoms with Gasteiger partial charge < -0.3 is 19.5 Å². The summed E-state index contributed by atoms with van der Waals surface area (Å²) in [6.45, 7) is 4.91. The molecule has 0 spiro atoms. The van der Waals surface area contributed by atoms with Gasteiger partial charge in [-0.2, -0.15) is 0 Å². The standard InChI is InChI=1S/C23H26N4O2.HI/c1-17-8-6-7-11-20(17)22-16-27(12-13-28-22)23(24-2)25-15-19-14-21(29-26-19)18-9-4-3-5-10-18;/h3-11,14,22H,12-13,15-16H2,1-2H3,(H,24,25);1H. The average molecular weight is 518 g/mol. The Morgan fingerprint density at radius 3 is 2.70 bits per heavy atom. The van der Waals surface area contributed by atoms with Crippen molar-refractivity contribution in [1.82, 2.24) is 15.4 Å². The zero-order valence-electron chi connectivity index (χ0n) is 17.2. The van der Waals surface area contributed by atoms with Crippen LogP contribution in [0.1, 0.15) is 22.9 Å². The second kappa shape index (κ2) is 10.6. The van der Waals surface area contributed by atoms with Crippen molar-refractivity contribution in [3.05, 3.63) is 77.5 Å². The van der Waals surface area contributed by atoms with Gasteiger partial charge in [-0.05, 0) is 18.1 Å². The van der Waals surface area contributed by atoms with Crippen LogP contribution in [0, 0.1) is 6.92 Å². The van der Waals surface area contributed by atoms with Gasteiger partial charge in [-0.3, -0.25) is 4.99 Å². The summed E-state index contributed by atoms with van der Waals surface area (Å²) in [6.07, 6.45) is 0.0419. The van der Waals surface area contributed by atoms with E-state index < -0.39 is 0 Å². The average Bonchev–Trinajstić information content (AvgIpc) is 3.24. The fourth-order valence-electron chi connectivity index (χ4n) is 3.61. The maximum Gasteiger partial charge on any atom is 0.194 e. The van der Waals surface area contributed by atoms with Crippen LogP contribution < -0.4 is 5.32 Å². The van der Waals surface area contributed by atoms with Crippen LogP contribution in [0.25, 0.3) is 11.3 Å². The van der Waals surface area contributed by atoms with E-state index in [0.717, 1.165) is 36.1 Å². The second-order valence-corrected chi connectivity index (χ2v) is 7.11. The number of rotatable bonds is 4. The fourth-order valence-corrected chi connectivity index (χ4v) is 3.61. The molecule has 30 heavy (non-hydrogen) atoms. The highest BCUT2D eigenvalue weighted by atomic mass is 127. The van der Waals surface area contributed by atoms with Crippen molar-refractivity contribution in [2.24, 2.45) is 4.99 Å². The Hall–Kier alpha value is -2.39. The van der Waals surface area contributed by atoms with Crippen LogP contribution in [0.15, 0.2) is 70.2 Å². The molecule has 0 amide bonds. The number of hydrogen-bond donors (Lipinski definition) is 1. The lowest BCUT2D eigenvalue weighted by molar-refractivity contribution is -0.00834. The summed E-state index contributed by atoms with van der Waals surface area (Å²) in [6, 6.07) is 20.3. The summed E-state index contributed by atoms with van der Waals surface area (Å²) < 4.78 is 11.5. The van der Waals surface area contributed by atoms with Crippen molar-refractivity contribution in [3.8, 4) is 11.3 Å². The third-order valence-corrected chi connectivity index (χ3v) is 5.16. The molecule has 1 aliphatic heterocycles. The molecule has 6 nitrogen and oxygen atoms in total. The Kier molecular flexibility index (Phi) is 7.87. The van der Waals surface area contributed by atoms with E-state index in [9.17, 15) is 0 Å². The zero-order chi connectivity index (χ0) is 20.1. The first-order valence-corrected chi connectivity index (χ1v) is 9.88. The molecule has 158 valence electrons. The molecule has 0 bridgehead atoms. The first-order valence-electron chi connectivity index (χ1n) is 9.88. The van der Waals surface area contributed by atoms with Gasteiger partial charge in [0.15, 0.2) is 11.7 Å². The van der Waals surface area contributed by atoms with Gasteiger partial charge in [-0.15, -0.1) is 24.0 Å². The van der Waals surface area contributed by atoms with E-state index in [1.165, 1.54) is 11.1 Å². The molecule has 1 fully saturated rings. The second-order valence-electron chi connectivity index (χ2n) is 7.11. The minimum absolute atomic E-state index is 0. The third kappa shape index (κ3) is 5.20. The smallest absolute Gasteiger partial charge is 0.194 e. The lowest BCUT2D eigenvalue weighted by atomic mass is 10.0. The summed E-state index contributed by atoms with van der Waals surface area (Å²) in [4.78, 5) is 6.69. The Bertz CT molecular complexity index is 974. The Morgan fingerprint density at radius 1 is 1.17 bits per heavy atom. The molecule has 2 heterocycles. The van der Waals surface area contributed by atoms with E-state index in [-0.39, 0.29) is 30.1 Å². The Morgan fingerprint density at radius 2 is 1.93 bits per heavy atom. The lowest BCUT2D eigenvalue weighted by Gasteiger charge is -2.35. The van der Waals surface area contributed by atoms with E-state index in [1.54, 1.807) is 7.05 Å². The van der Waals surface area contributed by atoms with Crippen LogP contribution in [0.5, 0.6) is 0 Å². The molecule has 1 aromatic heterocycles. The molecule has 0 aliphatic carbocycles. The molecular weight excluding hydrogens is 491 g/mol. The Labute approximate surface area is 194 Å². The topological polar surface area (TPSA) is 62.9 Å². The summed E-state index contributed by atoms with van der Waals surface area (Å²) >= 11 is 0. The van der Waals surface area contributed by atoms with E-state index in [2.05, 4.69) is 51.6 Å². The molecule has 1 atom stereocenters.